The molecule has 12 nitrogen and oxygen atoms in total. The number of carbonyl (C=O) groups is 1. The molecule has 3 N–H and O–H groups in total. The molecule has 12 heteroatoms. The van der Waals surface area contributed by atoms with Crippen LogP contribution in [0, 0.1) is 11.8 Å². The summed E-state index contributed by atoms with van der Waals surface area (Å²) in [7, 11) is 2.92. The molecular formula is C29H33NO11. The second-order valence-electron chi connectivity index (χ2n) is 11.0. The molecule has 9 atom stereocenters. The number of cyclic esters (lactones) is 1. The van der Waals surface area contributed by atoms with Crippen LogP contribution in [0.5, 0.6) is 28.7 Å². The Hall–Kier alpha value is -3.29. The lowest BCUT2D eigenvalue weighted by Gasteiger charge is -2.46. The van der Waals surface area contributed by atoms with Gasteiger partial charge in [-0.15, -0.1) is 0 Å². The van der Waals surface area contributed by atoms with Gasteiger partial charge in [0.15, 0.2) is 35.6 Å². The molecule has 0 amide bonds. The zero-order valence-electron chi connectivity index (χ0n) is 22.9. The summed E-state index contributed by atoms with van der Waals surface area (Å²) >= 11 is 0. The van der Waals surface area contributed by atoms with E-state index in [9.17, 15) is 9.90 Å². The minimum atomic E-state index is -0.656. The fraction of sp³-hybridized carbons (Fsp3) is 0.552. The Morgan fingerprint density at radius 1 is 0.951 bits per heavy atom. The minimum absolute atomic E-state index is 0.0895. The molecule has 0 unspecified atom stereocenters. The maximum absolute atomic E-state index is 13.4. The van der Waals surface area contributed by atoms with E-state index in [4.69, 9.17) is 48.4 Å². The number of carbonyl (C=O) groups excluding carboxylic acids is 1. The third kappa shape index (κ3) is 4.36. The number of esters is 1. The maximum Gasteiger partial charge on any atom is 0.310 e. The Kier molecular flexibility index (Phi) is 6.62. The molecule has 2 aromatic rings. The number of phenols is 1. The summed E-state index contributed by atoms with van der Waals surface area (Å²) in [4.78, 5) is 13.4. The number of nitrogens with two attached hydrogens (primary N) is 1. The second-order valence-corrected chi connectivity index (χ2v) is 11.0. The Morgan fingerprint density at radius 2 is 1.66 bits per heavy atom. The predicted molar refractivity (Wildman–Crippen MR) is 139 cm³/mol. The molecule has 4 aliphatic heterocycles. The normalized spacial score (nSPS) is 35.2. The average Bonchev–Trinajstić information content (AvgIpc) is 3.59. The van der Waals surface area contributed by atoms with Gasteiger partial charge >= 0.3 is 5.97 Å². The molecule has 5 aliphatic rings. The first-order valence-corrected chi connectivity index (χ1v) is 13.7. The van der Waals surface area contributed by atoms with Gasteiger partial charge in [0, 0.05) is 24.3 Å². The van der Waals surface area contributed by atoms with Crippen molar-refractivity contribution in [2.45, 2.75) is 56.2 Å². The van der Waals surface area contributed by atoms with Crippen LogP contribution in [-0.2, 0) is 28.5 Å². The van der Waals surface area contributed by atoms with Crippen molar-refractivity contribution >= 4 is 5.97 Å². The van der Waals surface area contributed by atoms with Gasteiger partial charge in [0.05, 0.1) is 39.5 Å². The van der Waals surface area contributed by atoms with E-state index in [0.29, 0.717) is 30.1 Å². The molecule has 0 aromatic heterocycles. The van der Waals surface area contributed by atoms with Crippen LogP contribution in [0.2, 0.25) is 0 Å². The van der Waals surface area contributed by atoms with Crippen molar-refractivity contribution in [3.05, 3.63) is 41.0 Å². The summed E-state index contributed by atoms with van der Waals surface area (Å²) in [5.41, 5.74) is 8.86. The van der Waals surface area contributed by atoms with Crippen molar-refractivity contribution in [3.63, 3.8) is 0 Å². The predicted octanol–water partition coefficient (Wildman–Crippen LogP) is 2.33. The van der Waals surface area contributed by atoms with E-state index in [2.05, 4.69) is 0 Å². The van der Waals surface area contributed by atoms with Crippen LogP contribution in [0.15, 0.2) is 24.3 Å². The van der Waals surface area contributed by atoms with Gasteiger partial charge in [0.25, 0.3) is 0 Å². The number of fused-ring (bicyclic) bond motifs is 4. The molecule has 3 fully saturated rings. The molecule has 7 rings (SSSR count). The summed E-state index contributed by atoms with van der Waals surface area (Å²) in [6.45, 7) is 2.44. The largest absolute Gasteiger partial charge is 0.502 e. The number of phenolic OH excluding ortho intramolecular Hbond substituents is 1. The number of ether oxygens (including phenoxy) is 9. The van der Waals surface area contributed by atoms with Crippen LogP contribution in [0.3, 0.4) is 0 Å². The highest BCUT2D eigenvalue weighted by molar-refractivity contribution is 5.79. The molecule has 2 aromatic carbocycles. The number of hydrogen-bond donors (Lipinski definition) is 2. The van der Waals surface area contributed by atoms with Crippen LogP contribution in [0.1, 0.15) is 42.1 Å². The number of benzene rings is 2. The molecule has 220 valence electrons. The van der Waals surface area contributed by atoms with E-state index in [1.807, 2.05) is 19.1 Å². The highest BCUT2D eigenvalue weighted by Crippen LogP contribution is 2.57. The van der Waals surface area contributed by atoms with Gasteiger partial charge in [-0.1, -0.05) is 0 Å². The summed E-state index contributed by atoms with van der Waals surface area (Å²) < 4.78 is 52.5. The number of aromatic hydroxyl groups is 1. The number of methoxy groups -OCH3 is 2. The van der Waals surface area contributed by atoms with Crippen molar-refractivity contribution in [1.29, 1.82) is 0 Å². The third-order valence-corrected chi connectivity index (χ3v) is 8.70. The summed E-state index contributed by atoms with van der Waals surface area (Å²) in [6, 6.07) is 6.91. The van der Waals surface area contributed by atoms with E-state index in [1.165, 1.54) is 14.2 Å². The smallest absolute Gasteiger partial charge is 0.310 e. The molecule has 4 heterocycles. The monoisotopic (exact) mass is 571 g/mol. The SMILES string of the molecule is COc1cc([C@@H]2c3cc4c(cc3[C@@H](O[C@H]3C[C@H](N)[C@@H]5O[C@H](C)OC[C@H]5O3)[C@H]3COC(=O)[C@H]23)OCO4)cc(OC)c1O. The molecule has 1 aliphatic carbocycles. The molecule has 0 saturated carbocycles. The lowest BCUT2D eigenvalue weighted by atomic mass is 9.66. The molecule has 0 radical (unpaired) electrons. The van der Waals surface area contributed by atoms with Gasteiger partial charge in [-0.3, -0.25) is 4.79 Å². The molecule has 0 spiro atoms. The van der Waals surface area contributed by atoms with E-state index < -0.39 is 24.2 Å². The Bertz CT molecular complexity index is 1330. The van der Waals surface area contributed by atoms with Gasteiger partial charge in [-0.2, -0.15) is 0 Å². The number of rotatable bonds is 5. The molecule has 3 saturated heterocycles. The van der Waals surface area contributed by atoms with Crippen molar-refractivity contribution in [2.24, 2.45) is 17.6 Å². The lowest BCUT2D eigenvalue weighted by Crippen LogP contribution is -2.59. The summed E-state index contributed by atoms with van der Waals surface area (Å²) in [6.07, 6.45) is -1.83. The van der Waals surface area contributed by atoms with Crippen LogP contribution < -0.4 is 24.7 Å². The Balaban J connectivity index is 1.30. The average molecular weight is 572 g/mol. The molecule has 41 heavy (non-hydrogen) atoms. The summed E-state index contributed by atoms with van der Waals surface area (Å²) in [5, 5.41) is 10.6. The van der Waals surface area contributed by atoms with Crippen LogP contribution in [0.25, 0.3) is 0 Å². The Labute approximate surface area is 236 Å². The first-order chi connectivity index (χ1) is 19.9. The maximum atomic E-state index is 13.4. The van der Waals surface area contributed by atoms with Gasteiger partial charge in [-0.25, -0.2) is 0 Å². The highest BCUT2D eigenvalue weighted by Gasteiger charge is 2.54. The van der Waals surface area contributed by atoms with Crippen LogP contribution in [-0.4, -0.2) is 76.1 Å². The summed E-state index contributed by atoms with van der Waals surface area (Å²) in [5.74, 6) is -0.260. The second kappa shape index (κ2) is 10.2. The van der Waals surface area contributed by atoms with Crippen molar-refractivity contribution in [2.75, 3.05) is 34.2 Å². The fourth-order valence-electron chi connectivity index (χ4n) is 6.80. The van der Waals surface area contributed by atoms with Gasteiger partial charge in [0.1, 0.15) is 12.2 Å². The van der Waals surface area contributed by atoms with E-state index >= 15 is 0 Å². The zero-order valence-corrected chi connectivity index (χ0v) is 22.9. The topological polar surface area (TPSA) is 146 Å². The van der Waals surface area contributed by atoms with Gasteiger partial charge in [0.2, 0.25) is 12.5 Å². The molecule has 0 bridgehead atoms. The first kappa shape index (κ1) is 26.6. The van der Waals surface area contributed by atoms with E-state index in [-0.39, 0.29) is 67.1 Å². The van der Waals surface area contributed by atoms with Crippen LogP contribution in [0.4, 0.5) is 0 Å². The minimum Gasteiger partial charge on any atom is -0.502 e. The van der Waals surface area contributed by atoms with Gasteiger partial charge < -0.3 is 53.5 Å². The van der Waals surface area contributed by atoms with E-state index in [1.54, 1.807) is 12.1 Å². The fourth-order valence-corrected chi connectivity index (χ4v) is 6.80. The van der Waals surface area contributed by atoms with Crippen molar-refractivity contribution < 1.29 is 52.5 Å². The van der Waals surface area contributed by atoms with Crippen molar-refractivity contribution in [1.82, 2.24) is 0 Å². The first-order valence-electron chi connectivity index (χ1n) is 13.7. The highest BCUT2D eigenvalue weighted by atomic mass is 16.7. The van der Waals surface area contributed by atoms with Crippen molar-refractivity contribution in [3.8, 4) is 28.7 Å². The third-order valence-electron chi connectivity index (χ3n) is 8.70. The standard InChI is InChI=1S/C29H33NO11/c1-12-35-10-22-28(39-12)17(30)8-23(40-22)41-27-15-7-19-18(37-11-38-19)6-14(15)24(25-16(27)9-36-29(25)32)13-4-20(33-2)26(31)21(5-13)34-3/h4-7,12,16-17,22-25,27-28,31H,8-11,30H2,1-3H3/t12-,16+,17+,22-,23+,24-,25+,27-,28+/m1/s1. The zero-order chi connectivity index (χ0) is 28.4. The van der Waals surface area contributed by atoms with Crippen LogP contribution >= 0.6 is 0 Å². The Morgan fingerprint density at radius 3 is 2.37 bits per heavy atom. The van der Waals surface area contributed by atoms with Gasteiger partial charge in [-0.05, 0) is 47.9 Å². The van der Waals surface area contributed by atoms with E-state index in [0.717, 1.165) is 11.1 Å². The number of hydrogen-bond acceptors (Lipinski definition) is 12. The lowest BCUT2D eigenvalue weighted by molar-refractivity contribution is -0.322. The quantitative estimate of drug-likeness (QED) is 0.508. The molecular weight excluding hydrogens is 538 g/mol.